The highest BCUT2D eigenvalue weighted by Crippen LogP contribution is 2.07. The molecule has 4 nitrogen and oxygen atoms in total. The van der Waals surface area contributed by atoms with Crippen LogP contribution in [0.1, 0.15) is 21.6 Å². The van der Waals surface area contributed by atoms with Gasteiger partial charge < -0.3 is 10.6 Å². The second-order valence-corrected chi connectivity index (χ2v) is 5.00. The molecule has 0 spiro atoms. The number of carbonyl (C=O) groups is 1. The van der Waals surface area contributed by atoms with Crippen molar-refractivity contribution in [3.05, 3.63) is 65.5 Å². The Morgan fingerprint density at radius 1 is 1.09 bits per heavy atom. The van der Waals surface area contributed by atoms with Crippen LogP contribution in [0.15, 0.2) is 48.7 Å². The van der Waals surface area contributed by atoms with Crippen molar-refractivity contribution in [2.45, 2.75) is 13.3 Å². The lowest BCUT2D eigenvalue weighted by Crippen LogP contribution is -2.37. The molecule has 0 saturated heterocycles. The molecular formula is C17H23Cl2N3O. The summed E-state index contributed by atoms with van der Waals surface area (Å²) in [7, 11) is 0. The smallest absolute Gasteiger partial charge is 0.255 e. The third-order valence-electron chi connectivity index (χ3n) is 3.36. The van der Waals surface area contributed by atoms with E-state index in [1.54, 1.807) is 11.1 Å². The maximum Gasteiger partial charge on any atom is 0.255 e. The second kappa shape index (κ2) is 11.0. The number of pyridine rings is 1. The van der Waals surface area contributed by atoms with Crippen LogP contribution in [0.4, 0.5) is 0 Å². The normalized spacial score (nSPS) is 9.48. The molecule has 1 aromatic carbocycles. The van der Waals surface area contributed by atoms with E-state index in [1.165, 1.54) is 5.56 Å². The van der Waals surface area contributed by atoms with Gasteiger partial charge in [0.1, 0.15) is 0 Å². The summed E-state index contributed by atoms with van der Waals surface area (Å²) in [6.45, 7) is 3.58. The van der Waals surface area contributed by atoms with Gasteiger partial charge in [0, 0.05) is 31.5 Å². The van der Waals surface area contributed by atoms with E-state index in [4.69, 9.17) is 5.73 Å². The zero-order chi connectivity index (χ0) is 15.1. The van der Waals surface area contributed by atoms with Crippen molar-refractivity contribution in [3.63, 3.8) is 0 Å². The highest BCUT2D eigenvalue weighted by atomic mass is 35.5. The van der Waals surface area contributed by atoms with Gasteiger partial charge in [-0.05, 0) is 31.0 Å². The molecule has 0 fully saturated rings. The largest absolute Gasteiger partial charge is 0.337 e. The first-order valence-electron chi connectivity index (χ1n) is 7.16. The minimum absolute atomic E-state index is 0. The fourth-order valence-electron chi connectivity index (χ4n) is 2.16. The number of nitrogens with two attached hydrogens (primary N) is 1. The number of benzene rings is 1. The molecule has 0 radical (unpaired) electrons. The molecule has 0 atom stereocenters. The second-order valence-electron chi connectivity index (χ2n) is 5.00. The van der Waals surface area contributed by atoms with Crippen LogP contribution in [0, 0.1) is 6.92 Å². The summed E-state index contributed by atoms with van der Waals surface area (Å²) >= 11 is 0. The number of aromatic nitrogens is 1. The van der Waals surface area contributed by atoms with E-state index in [0.717, 1.165) is 12.1 Å². The monoisotopic (exact) mass is 355 g/mol. The molecule has 23 heavy (non-hydrogen) atoms. The van der Waals surface area contributed by atoms with Gasteiger partial charge in [-0.3, -0.25) is 9.78 Å². The molecule has 2 rings (SSSR count). The van der Waals surface area contributed by atoms with Gasteiger partial charge in [-0.15, -0.1) is 24.8 Å². The molecule has 0 unspecified atom stereocenters. The topological polar surface area (TPSA) is 59.2 Å². The summed E-state index contributed by atoms with van der Waals surface area (Å²) in [6, 6.07) is 13.8. The molecular weight excluding hydrogens is 333 g/mol. The van der Waals surface area contributed by atoms with E-state index in [1.807, 2.05) is 37.3 Å². The molecule has 1 heterocycles. The van der Waals surface area contributed by atoms with E-state index in [2.05, 4.69) is 17.1 Å². The van der Waals surface area contributed by atoms with Crippen molar-refractivity contribution in [3.8, 4) is 0 Å². The SMILES string of the molecule is Cc1ccc(C(=O)N(CCN)CCc2ccccc2)cn1.Cl.Cl. The van der Waals surface area contributed by atoms with Crippen LogP contribution in [0.3, 0.4) is 0 Å². The Balaban J connectivity index is 0.00000242. The third kappa shape index (κ3) is 6.57. The summed E-state index contributed by atoms with van der Waals surface area (Å²) in [5, 5.41) is 0. The Morgan fingerprint density at radius 3 is 2.35 bits per heavy atom. The molecule has 0 aliphatic carbocycles. The van der Waals surface area contributed by atoms with Crippen LogP contribution >= 0.6 is 24.8 Å². The quantitative estimate of drug-likeness (QED) is 0.866. The zero-order valence-electron chi connectivity index (χ0n) is 13.1. The van der Waals surface area contributed by atoms with Crippen molar-refractivity contribution in [2.75, 3.05) is 19.6 Å². The average molecular weight is 356 g/mol. The molecule has 2 aromatic rings. The van der Waals surface area contributed by atoms with Crippen LogP contribution < -0.4 is 5.73 Å². The van der Waals surface area contributed by atoms with Gasteiger partial charge in [0.05, 0.1) is 5.56 Å². The highest BCUT2D eigenvalue weighted by Gasteiger charge is 2.15. The Labute approximate surface area is 149 Å². The number of carbonyl (C=O) groups excluding carboxylic acids is 1. The molecule has 1 aromatic heterocycles. The number of aryl methyl sites for hydroxylation is 1. The number of halogens is 2. The van der Waals surface area contributed by atoms with Crippen molar-refractivity contribution in [1.29, 1.82) is 0 Å². The number of hydrogen-bond donors (Lipinski definition) is 1. The molecule has 0 bridgehead atoms. The predicted molar refractivity (Wildman–Crippen MR) is 98.6 cm³/mol. The third-order valence-corrected chi connectivity index (χ3v) is 3.36. The van der Waals surface area contributed by atoms with Gasteiger partial charge in [0.25, 0.3) is 5.91 Å². The van der Waals surface area contributed by atoms with Crippen LogP contribution in [0.2, 0.25) is 0 Å². The Morgan fingerprint density at radius 2 is 1.78 bits per heavy atom. The van der Waals surface area contributed by atoms with Crippen LogP contribution in [0.25, 0.3) is 0 Å². The fraction of sp³-hybridized carbons (Fsp3) is 0.294. The van der Waals surface area contributed by atoms with Gasteiger partial charge in [-0.2, -0.15) is 0 Å². The lowest BCUT2D eigenvalue weighted by atomic mass is 10.1. The summed E-state index contributed by atoms with van der Waals surface area (Å²) in [5.41, 5.74) is 8.36. The van der Waals surface area contributed by atoms with Crippen LogP contribution in [0.5, 0.6) is 0 Å². The number of hydrogen-bond acceptors (Lipinski definition) is 3. The fourth-order valence-corrected chi connectivity index (χ4v) is 2.16. The Kier molecular flexibility index (Phi) is 10.2. The molecule has 6 heteroatoms. The van der Waals surface area contributed by atoms with E-state index in [-0.39, 0.29) is 30.7 Å². The van der Waals surface area contributed by atoms with Crippen LogP contribution in [-0.4, -0.2) is 35.4 Å². The molecule has 2 N–H and O–H groups in total. The lowest BCUT2D eigenvalue weighted by molar-refractivity contribution is 0.0761. The summed E-state index contributed by atoms with van der Waals surface area (Å²) in [5.74, 6) is -0.0103. The minimum atomic E-state index is -0.0103. The summed E-state index contributed by atoms with van der Waals surface area (Å²) in [4.78, 5) is 18.5. The average Bonchev–Trinajstić information content (AvgIpc) is 2.52. The molecule has 0 aliphatic rings. The number of nitrogens with zero attached hydrogens (tertiary/aromatic N) is 2. The van der Waals surface area contributed by atoms with E-state index >= 15 is 0 Å². The van der Waals surface area contributed by atoms with E-state index < -0.39 is 0 Å². The number of rotatable bonds is 6. The predicted octanol–water partition coefficient (Wildman–Crippen LogP) is 2.88. The Hall–Kier alpha value is -1.62. The van der Waals surface area contributed by atoms with E-state index in [0.29, 0.717) is 25.2 Å². The first kappa shape index (κ1) is 21.4. The maximum absolute atomic E-state index is 12.5. The van der Waals surface area contributed by atoms with Crippen LogP contribution in [-0.2, 0) is 6.42 Å². The van der Waals surface area contributed by atoms with Gasteiger partial charge in [0.2, 0.25) is 0 Å². The summed E-state index contributed by atoms with van der Waals surface area (Å²) < 4.78 is 0. The number of amides is 1. The van der Waals surface area contributed by atoms with E-state index in [9.17, 15) is 4.79 Å². The van der Waals surface area contributed by atoms with Gasteiger partial charge in [-0.1, -0.05) is 30.3 Å². The standard InChI is InChI=1S/C17H21N3O.2ClH/c1-14-7-8-16(13-19-14)17(21)20(12-10-18)11-9-15-5-3-2-4-6-15;;/h2-8,13H,9-12,18H2,1H3;2*1H. The molecule has 1 amide bonds. The van der Waals surface area contributed by atoms with Gasteiger partial charge in [-0.25, -0.2) is 0 Å². The Bertz CT molecular complexity index is 576. The summed E-state index contributed by atoms with van der Waals surface area (Å²) in [6.07, 6.45) is 2.45. The first-order valence-corrected chi connectivity index (χ1v) is 7.16. The first-order chi connectivity index (χ1) is 10.2. The highest BCUT2D eigenvalue weighted by molar-refractivity contribution is 5.93. The maximum atomic E-state index is 12.5. The van der Waals surface area contributed by atoms with Crippen molar-refractivity contribution in [1.82, 2.24) is 9.88 Å². The zero-order valence-corrected chi connectivity index (χ0v) is 14.8. The molecule has 126 valence electrons. The van der Waals surface area contributed by atoms with Crippen molar-refractivity contribution >= 4 is 30.7 Å². The molecule has 0 aliphatic heterocycles. The lowest BCUT2D eigenvalue weighted by Gasteiger charge is -2.22. The molecule has 0 saturated carbocycles. The van der Waals surface area contributed by atoms with Crippen molar-refractivity contribution < 1.29 is 4.79 Å². The van der Waals surface area contributed by atoms with Gasteiger partial charge in [0.15, 0.2) is 0 Å². The minimum Gasteiger partial charge on any atom is -0.337 e. The van der Waals surface area contributed by atoms with Gasteiger partial charge >= 0.3 is 0 Å². The van der Waals surface area contributed by atoms with Crippen molar-refractivity contribution in [2.24, 2.45) is 5.73 Å².